The van der Waals surface area contributed by atoms with E-state index in [-0.39, 0.29) is 11.9 Å². The highest BCUT2D eigenvalue weighted by Gasteiger charge is 2.21. The molecule has 1 saturated carbocycles. The van der Waals surface area contributed by atoms with Gasteiger partial charge >= 0.3 is 0 Å². The molecule has 1 atom stereocenters. The number of hydrogen-bond donors (Lipinski definition) is 2. The zero-order valence-electron chi connectivity index (χ0n) is 9.31. The number of rotatable bonds is 6. The second-order valence-corrected chi connectivity index (χ2v) is 4.16. The largest absolute Gasteiger partial charge is 0.355 e. The molecule has 0 aromatic heterocycles. The lowest BCUT2D eigenvalue weighted by atomic mass is 9.92. The Balaban J connectivity index is 2.08. The van der Waals surface area contributed by atoms with Crippen LogP contribution >= 0.6 is 0 Å². The van der Waals surface area contributed by atoms with Gasteiger partial charge in [0.05, 0.1) is 6.04 Å². The normalized spacial score (nSPS) is 18.7. The topological polar surface area (TPSA) is 41.1 Å². The molecule has 1 aliphatic carbocycles. The first kappa shape index (κ1) is 11.5. The van der Waals surface area contributed by atoms with E-state index >= 15 is 0 Å². The van der Waals surface area contributed by atoms with Crippen molar-refractivity contribution in [2.75, 3.05) is 6.54 Å². The second kappa shape index (κ2) is 6.02. The third-order valence-corrected chi connectivity index (χ3v) is 2.81. The summed E-state index contributed by atoms with van der Waals surface area (Å²) < 4.78 is 0. The van der Waals surface area contributed by atoms with E-state index in [0.29, 0.717) is 6.04 Å². The maximum Gasteiger partial charge on any atom is 0.236 e. The standard InChI is InChI=1S/C11H22N2O/c1-3-4-8-12-11(14)9(2)13-10-6-5-7-10/h9-10,13H,3-8H2,1-2H3,(H,12,14). The van der Waals surface area contributed by atoms with Gasteiger partial charge in [0, 0.05) is 12.6 Å². The van der Waals surface area contributed by atoms with Gasteiger partial charge in [-0.15, -0.1) is 0 Å². The number of unbranched alkanes of at least 4 members (excludes halogenated alkanes) is 1. The molecule has 0 spiro atoms. The predicted molar refractivity (Wildman–Crippen MR) is 58.2 cm³/mol. The number of carbonyl (C=O) groups excluding carboxylic acids is 1. The molecule has 2 N–H and O–H groups in total. The maximum atomic E-state index is 11.5. The summed E-state index contributed by atoms with van der Waals surface area (Å²) in [6.45, 7) is 4.88. The molecule has 0 heterocycles. The van der Waals surface area contributed by atoms with E-state index < -0.39 is 0 Å². The third-order valence-electron chi connectivity index (χ3n) is 2.81. The van der Waals surface area contributed by atoms with Crippen molar-refractivity contribution in [3.63, 3.8) is 0 Å². The van der Waals surface area contributed by atoms with E-state index in [1.807, 2.05) is 6.92 Å². The zero-order chi connectivity index (χ0) is 10.4. The van der Waals surface area contributed by atoms with Crippen LogP contribution in [0.4, 0.5) is 0 Å². The first-order valence-corrected chi connectivity index (χ1v) is 5.77. The molecular weight excluding hydrogens is 176 g/mol. The Labute approximate surface area is 86.6 Å². The van der Waals surface area contributed by atoms with Crippen LogP contribution in [0.15, 0.2) is 0 Å². The highest BCUT2D eigenvalue weighted by molar-refractivity contribution is 5.81. The first-order valence-electron chi connectivity index (χ1n) is 5.77. The molecule has 1 unspecified atom stereocenters. The fourth-order valence-corrected chi connectivity index (χ4v) is 1.55. The molecule has 82 valence electrons. The van der Waals surface area contributed by atoms with Gasteiger partial charge in [0.15, 0.2) is 0 Å². The molecule has 1 amide bonds. The van der Waals surface area contributed by atoms with E-state index in [9.17, 15) is 4.79 Å². The van der Waals surface area contributed by atoms with Gasteiger partial charge in [0.25, 0.3) is 0 Å². The van der Waals surface area contributed by atoms with Crippen LogP contribution < -0.4 is 10.6 Å². The average molecular weight is 198 g/mol. The van der Waals surface area contributed by atoms with E-state index in [4.69, 9.17) is 0 Å². The van der Waals surface area contributed by atoms with E-state index in [1.165, 1.54) is 19.3 Å². The summed E-state index contributed by atoms with van der Waals surface area (Å²) in [7, 11) is 0. The van der Waals surface area contributed by atoms with Crippen molar-refractivity contribution in [2.24, 2.45) is 0 Å². The minimum Gasteiger partial charge on any atom is -0.355 e. The van der Waals surface area contributed by atoms with Crippen LogP contribution in [-0.4, -0.2) is 24.5 Å². The van der Waals surface area contributed by atoms with Gasteiger partial charge in [-0.3, -0.25) is 4.79 Å². The van der Waals surface area contributed by atoms with Crippen molar-refractivity contribution in [3.8, 4) is 0 Å². The smallest absolute Gasteiger partial charge is 0.236 e. The van der Waals surface area contributed by atoms with Gasteiger partial charge in [-0.2, -0.15) is 0 Å². The lowest BCUT2D eigenvalue weighted by molar-refractivity contribution is -0.123. The molecule has 0 aliphatic heterocycles. The maximum absolute atomic E-state index is 11.5. The van der Waals surface area contributed by atoms with Crippen molar-refractivity contribution in [1.29, 1.82) is 0 Å². The molecule has 1 fully saturated rings. The zero-order valence-corrected chi connectivity index (χ0v) is 9.31. The Kier molecular flexibility index (Phi) is 4.94. The molecule has 1 rings (SSSR count). The number of nitrogens with one attached hydrogen (secondary N) is 2. The van der Waals surface area contributed by atoms with Crippen LogP contribution in [0.3, 0.4) is 0 Å². The summed E-state index contributed by atoms with van der Waals surface area (Å²) in [4.78, 5) is 11.5. The number of hydrogen-bond acceptors (Lipinski definition) is 2. The summed E-state index contributed by atoms with van der Waals surface area (Å²) >= 11 is 0. The quantitative estimate of drug-likeness (QED) is 0.634. The van der Waals surface area contributed by atoms with E-state index in [2.05, 4.69) is 17.6 Å². The minimum absolute atomic E-state index is 0.0304. The Morgan fingerprint density at radius 3 is 2.71 bits per heavy atom. The molecule has 0 aromatic carbocycles. The number of amides is 1. The summed E-state index contributed by atoms with van der Waals surface area (Å²) in [5.41, 5.74) is 0. The Hall–Kier alpha value is -0.570. The molecule has 0 radical (unpaired) electrons. The molecule has 0 aromatic rings. The fraction of sp³-hybridized carbons (Fsp3) is 0.909. The van der Waals surface area contributed by atoms with Crippen molar-refractivity contribution < 1.29 is 4.79 Å². The van der Waals surface area contributed by atoms with Crippen molar-refractivity contribution in [2.45, 2.75) is 58.0 Å². The van der Waals surface area contributed by atoms with Crippen molar-refractivity contribution >= 4 is 5.91 Å². The van der Waals surface area contributed by atoms with Gasteiger partial charge in [-0.05, 0) is 26.2 Å². The summed E-state index contributed by atoms with van der Waals surface area (Å²) in [6.07, 6.45) is 5.97. The predicted octanol–water partition coefficient (Wildman–Crippen LogP) is 1.43. The minimum atomic E-state index is -0.0304. The van der Waals surface area contributed by atoms with Gasteiger partial charge in [0.1, 0.15) is 0 Å². The Bertz CT molecular complexity index is 178. The summed E-state index contributed by atoms with van der Waals surface area (Å²) in [6, 6.07) is 0.555. The second-order valence-electron chi connectivity index (χ2n) is 4.16. The van der Waals surface area contributed by atoms with Gasteiger partial charge in [-0.25, -0.2) is 0 Å². The van der Waals surface area contributed by atoms with Gasteiger partial charge < -0.3 is 10.6 Å². The third kappa shape index (κ3) is 3.66. The lowest BCUT2D eigenvalue weighted by Crippen LogP contribution is -2.48. The summed E-state index contributed by atoms with van der Waals surface area (Å²) in [5, 5.41) is 6.27. The highest BCUT2D eigenvalue weighted by atomic mass is 16.2. The van der Waals surface area contributed by atoms with Crippen LogP contribution in [0.2, 0.25) is 0 Å². The molecular formula is C11H22N2O. The van der Waals surface area contributed by atoms with Crippen LogP contribution in [-0.2, 0) is 4.79 Å². The number of carbonyl (C=O) groups is 1. The van der Waals surface area contributed by atoms with Crippen LogP contribution in [0.25, 0.3) is 0 Å². The Morgan fingerprint density at radius 1 is 1.50 bits per heavy atom. The molecule has 0 saturated heterocycles. The molecule has 3 heteroatoms. The molecule has 14 heavy (non-hydrogen) atoms. The van der Waals surface area contributed by atoms with Crippen molar-refractivity contribution in [3.05, 3.63) is 0 Å². The molecule has 0 bridgehead atoms. The van der Waals surface area contributed by atoms with Crippen LogP contribution in [0.5, 0.6) is 0 Å². The summed E-state index contributed by atoms with van der Waals surface area (Å²) in [5.74, 6) is 0.144. The molecule has 3 nitrogen and oxygen atoms in total. The van der Waals surface area contributed by atoms with Gasteiger partial charge in [-0.1, -0.05) is 19.8 Å². The van der Waals surface area contributed by atoms with Crippen LogP contribution in [0, 0.1) is 0 Å². The monoisotopic (exact) mass is 198 g/mol. The van der Waals surface area contributed by atoms with Crippen molar-refractivity contribution in [1.82, 2.24) is 10.6 Å². The van der Waals surface area contributed by atoms with Gasteiger partial charge in [0.2, 0.25) is 5.91 Å². The first-order chi connectivity index (χ1) is 6.74. The fourth-order valence-electron chi connectivity index (χ4n) is 1.55. The van der Waals surface area contributed by atoms with E-state index in [0.717, 1.165) is 19.4 Å². The average Bonchev–Trinajstić information content (AvgIpc) is 2.11. The molecule has 1 aliphatic rings. The Morgan fingerprint density at radius 2 is 2.21 bits per heavy atom. The highest BCUT2D eigenvalue weighted by Crippen LogP contribution is 2.18. The lowest BCUT2D eigenvalue weighted by Gasteiger charge is -2.29. The SMILES string of the molecule is CCCCNC(=O)C(C)NC1CCC1. The van der Waals surface area contributed by atoms with E-state index in [1.54, 1.807) is 0 Å². The van der Waals surface area contributed by atoms with Crippen LogP contribution in [0.1, 0.15) is 46.0 Å².